The van der Waals surface area contributed by atoms with E-state index in [0.717, 1.165) is 21.3 Å². The molecule has 0 fully saturated rings. The van der Waals surface area contributed by atoms with E-state index in [2.05, 4.69) is 0 Å². The van der Waals surface area contributed by atoms with E-state index in [1.54, 1.807) is 0 Å². The minimum atomic E-state index is -0.674. The van der Waals surface area contributed by atoms with Gasteiger partial charge in [0.2, 0.25) is 0 Å². The summed E-state index contributed by atoms with van der Waals surface area (Å²) in [7, 11) is 0. The lowest BCUT2D eigenvalue weighted by Gasteiger charge is -2.47. The van der Waals surface area contributed by atoms with Crippen LogP contribution in [-0.2, 0) is 19.2 Å². The number of rotatable bonds is 2. The van der Waals surface area contributed by atoms with Crippen LogP contribution in [0.3, 0.4) is 0 Å². The monoisotopic (exact) mass is 652 g/mol. The molecule has 2 heterocycles. The van der Waals surface area contributed by atoms with Gasteiger partial charge in [0, 0.05) is 59.8 Å². The van der Waals surface area contributed by atoms with Crippen molar-refractivity contribution in [1.82, 2.24) is 10.1 Å². The van der Waals surface area contributed by atoms with Gasteiger partial charge in [-0.15, -0.1) is 0 Å². The van der Waals surface area contributed by atoms with Crippen molar-refractivity contribution < 1.29 is 29.6 Å². The molecule has 0 saturated heterocycles. The zero-order valence-corrected chi connectivity index (χ0v) is 29.5. The van der Waals surface area contributed by atoms with Gasteiger partial charge < -0.3 is 0 Å². The third kappa shape index (κ3) is 5.18. The van der Waals surface area contributed by atoms with Gasteiger partial charge in [0.15, 0.2) is 23.1 Å². The number of nitrogens with zero attached hydrogens (tertiary/aromatic N) is 2. The van der Waals surface area contributed by atoms with E-state index in [9.17, 15) is 29.6 Å². The lowest BCUT2D eigenvalue weighted by atomic mass is 9.63. The Morgan fingerprint density at radius 1 is 0.479 bits per heavy atom. The fraction of sp³-hybridized carbons (Fsp3) is 0.550. The first-order valence-electron chi connectivity index (χ1n) is 17.3. The van der Waals surface area contributed by atoms with Crippen LogP contribution in [0.4, 0.5) is 0 Å². The first-order valence-corrected chi connectivity index (χ1v) is 17.3. The van der Waals surface area contributed by atoms with Crippen LogP contribution in [-0.4, -0.2) is 43.7 Å². The molecule has 8 heteroatoms. The molecule has 8 nitrogen and oxygen atoms in total. The van der Waals surface area contributed by atoms with E-state index in [1.165, 1.54) is 0 Å². The number of hydrogen-bond donors (Lipinski definition) is 2. The summed E-state index contributed by atoms with van der Waals surface area (Å²) >= 11 is 0. The van der Waals surface area contributed by atoms with Crippen LogP contribution >= 0.6 is 0 Å². The predicted molar refractivity (Wildman–Crippen MR) is 179 cm³/mol. The van der Waals surface area contributed by atoms with Crippen molar-refractivity contribution in [2.24, 2.45) is 21.7 Å². The molecular weight excluding hydrogens is 604 g/mol. The third-order valence-corrected chi connectivity index (χ3v) is 11.3. The third-order valence-electron chi connectivity index (χ3n) is 11.3. The fourth-order valence-corrected chi connectivity index (χ4v) is 9.47. The van der Waals surface area contributed by atoms with Gasteiger partial charge in [-0.1, -0.05) is 79.7 Å². The Labute approximate surface area is 283 Å². The molecule has 0 bridgehead atoms. The Morgan fingerprint density at radius 2 is 0.729 bits per heavy atom. The van der Waals surface area contributed by atoms with Crippen molar-refractivity contribution in [1.29, 1.82) is 0 Å². The molecule has 0 saturated carbocycles. The summed E-state index contributed by atoms with van der Waals surface area (Å²) in [5.41, 5.74) is 4.04. The van der Waals surface area contributed by atoms with Gasteiger partial charge in [0.25, 0.3) is 0 Å². The van der Waals surface area contributed by atoms with Crippen LogP contribution in [0.5, 0.6) is 0 Å². The molecule has 7 rings (SSSR count). The van der Waals surface area contributed by atoms with Gasteiger partial charge in [-0.25, -0.2) is 10.1 Å². The highest BCUT2D eigenvalue weighted by molar-refractivity contribution is 6.08. The summed E-state index contributed by atoms with van der Waals surface area (Å²) in [4.78, 5) is 56.1. The number of carbonyl (C=O) groups excluding carboxylic acids is 4. The molecule has 6 aliphatic rings. The highest BCUT2D eigenvalue weighted by atomic mass is 16.5. The van der Waals surface area contributed by atoms with Gasteiger partial charge >= 0.3 is 0 Å². The first-order chi connectivity index (χ1) is 22.2. The normalized spacial score (nSPS) is 27.0. The number of carbonyl (C=O) groups is 4. The summed E-state index contributed by atoms with van der Waals surface area (Å²) in [5, 5.41) is 25.6. The zero-order valence-electron chi connectivity index (χ0n) is 29.5. The second-order valence-corrected chi connectivity index (χ2v) is 18.4. The maximum atomic E-state index is 14.0. The first kappa shape index (κ1) is 32.9. The number of hydrogen-bond acceptors (Lipinski definition) is 8. The smallest absolute Gasteiger partial charge is 0.162 e. The SMILES string of the molecule is CC1(C)CC(=O)C2=C(C1)N(O)C1=C(C(=O)CC(C)(C)C1)C2c1cccc(C2C3=C(CC(C)(C)CC3=O)N(O)C3=C2C(=O)CC(C)(C)C3)c1. The van der Waals surface area contributed by atoms with Crippen LogP contribution < -0.4 is 0 Å². The highest BCUT2D eigenvalue weighted by Gasteiger charge is 2.51. The molecule has 0 radical (unpaired) electrons. The van der Waals surface area contributed by atoms with Crippen LogP contribution in [0.1, 0.15) is 130 Å². The van der Waals surface area contributed by atoms with E-state index < -0.39 is 11.8 Å². The van der Waals surface area contributed by atoms with Crippen LogP contribution in [0.25, 0.3) is 0 Å². The highest BCUT2D eigenvalue weighted by Crippen LogP contribution is 2.56. The maximum absolute atomic E-state index is 14.0. The minimum Gasteiger partial charge on any atom is -0.294 e. The van der Waals surface area contributed by atoms with Crippen LogP contribution in [0, 0.1) is 21.7 Å². The lowest BCUT2D eigenvalue weighted by Crippen LogP contribution is -2.43. The molecule has 2 N–H and O–H groups in total. The van der Waals surface area contributed by atoms with Crippen molar-refractivity contribution in [3.05, 3.63) is 80.5 Å². The average Bonchev–Trinajstić information content (AvgIpc) is 2.93. The van der Waals surface area contributed by atoms with Gasteiger partial charge in [0.05, 0.1) is 22.8 Å². The van der Waals surface area contributed by atoms with Crippen LogP contribution in [0.15, 0.2) is 69.3 Å². The quantitative estimate of drug-likeness (QED) is 0.332. The van der Waals surface area contributed by atoms with Crippen LogP contribution in [0.2, 0.25) is 0 Å². The van der Waals surface area contributed by atoms with Crippen molar-refractivity contribution in [2.75, 3.05) is 0 Å². The van der Waals surface area contributed by atoms with E-state index >= 15 is 0 Å². The largest absolute Gasteiger partial charge is 0.294 e. The number of hydroxylamine groups is 4. The van der Waals surface area contributed by atoms with E-state index in [0.29, 0.717) is 96.4 Å². The number of benzene rings is 1. The Morgan fingerprint density at radius 3 is 0.979 bits per heavy atom. The Bertz CT molecular complexity index is 1610. The molecule has 48 heavy (non-hydrogen) atoms. The molecule has 4 aliphatic carbocycles. The number of ketones is 4. The maximum Gasteiger partial charge on any atom is 0.162 e. The summed E-state index contributed by atoms with van der Waals surface area (Å²) in [6, 6.07) is 7.67. The second-order valence-electron chi connectivity index (χ2n) is 18.4. The van der Waals surface area contributed by atoms with Crippen molar-refractivity contribution in [2.45, 2.75) is 119 Å². The second kappa shape index (κ2) is 10.4. The Kier molecular flexibility index (Phi) is 7.16. The van der Waals surface area contributed by atoms with E-state index in [-0.39, 0.29) is 44.8 Å². The van der Waals surface area contributed by atoms with Crippen molar-refractivity contribution in [3.63, 3.8) is 0 Å². The molecule has 0 atom stereocenters. The molecule has 254 valence electrons. The standard InChI is InChI=1S/C40H48N2O6/c1-37(2)13-23-33(27(43)17-37)31(34-24(41(23)47)14-38(3,4)18-28(34)44)21-10-9-11-22(12-21)32-35-25(15-39(5,6)19-29(35)45)42(48)26-16-40(7,8)20-30(46)36(26)32/h9-12,31-32,47-48H,13-20H2,1-8H3. The van der Waals surface area contributed by atoms with Gasteiger partial charge in [-0.05, 0) is 58.5 Å². The summed E-state index contributed by atoms with van der Waals surface area (Å²) in [5.74, 6) is -1.69. The van der Waals surface area contributed by atoms with Gasteiger partial charge in [0.1, 0.15) is 0 Å². The number of Topliss-reactive ketones (excluding diaryl/α,β-unsaturated/α-hetero) is 4. The van der Waals surface area contributed by atoms with Crippen molar-refractivity contribution >= 4 is 23.1 Å². The van der Waals surface area contributed by atoms with Gasteiger partial charge in [-0.2, -0.15) is 0 Å². The fourth-order valence-electron chi connectivity index (χ4n) is 9.47. The molecule has 1 aromatic carbocycles. The molecule has 0 unspecified atom stereocenters. The average molecular weight is 653 g/mol. The van der Waals surface area contributed by atoms with Gasteiger partial charge in [-0.3, -0.25) is 29.6 Å². The Balaban J connectivity index is 1.45. The summed E-state index contributed by atoms with van der Waals surface area (Å²) < 4.78 is 0. The number of allylic oxidation sites excluding steroid dienone is 8. The molecule has 2 aliphatic heterocycles. The lowest BCUT2D eigenvalue weighted by molar-refractivity contribution is -0.124. The van der Waals surface area contributed by atoms with Crippen molar-refractivity contribution in [3.8, 4) is 0 Å². The summed E-state index contributed by atoms with van der Waals surface area (Å²) in [6.45, 7) is 16.2. The molecule has 0 amide bonds. The minimum absolute atomic E-state index is 0.0853. The molecule has 0 aromatic heterocycles. The summed E-state index contributed by atoms with van der Waals surface area (Å²) in [6.07, 6.45) is 3.15. The molecule has 1 aromatic rings. The van der Waals surface area contributed by atoms with E-state index in [1.807, 2.05) is 79.7 Å². The topological polar surface area (TPSA) is 115 Å². The molecular formula is C40H48N2O6. The Hall–Kier alpha value is -3.62. The van der Waals surface area contributed by atoms with E-state index in [4.69, 9.17) is 0 Å². The molecule has 0 spiro atoms. The zero-order chi connectivity index (χ0) is 34.9. The predicted octanol–water partition coefficient (Wildman–Crippen LogP) is 7.84.